The topological polar surface area (TPSA) is 82.3 Å². The maximum absolute atomic E-state index is 9.82. The maximum Gasteiger partial charge on any atom is 0.191 e. The van der Waals surface area contributed by atoms with E-state index in [2.05, 4.69) is 21.6 Å². The Bertz CT molecular complexity index is 778. The van der Waals surface area contributed by atoms with Gasteiger partial charge in [0.1, 0.15) is 11.5 Å². The van der Waals surface area contributed by atoms with E-state index in [9.17, 15) is 5.11 Å². The number of nitrogens with zero attached hydrogens (tertiary/aromatic N) is 2. The van der Waals surface area contributed by atoms with Gasteiger partial charge in [0.05, 0.1) is 32.4 Å². The number of guanidine groups is 1. The SMILES string of the molecule is CCNC(=NCC(CO)c1ccccc1)NCC(c1ccc(C)o1)N1CCOCC1.I. The number of benzene rings is 1. The van der Waals surface area contributed by atoms with Gasteiger partial charge >= 0.3 is 0 Å². The van der Waals surface area contributed by atoms with Crippen molar-refractivity contribution in [3.05, 3.63) is 59.5 Å². The molecule has 172 valence electrons. The fourth-order valence-electron chi connectivity index (χ4n) is 3.66. The highest BCUT2D eigenvalue weighted by Gasteiger charge is 2.25. The molecular weight excluding hydrogens is 507 g/mol. The van der Waals surface area contributed by atoms with Gasteiger partial charge in [0, 0.05) is 32.1 Å². The van der Waals surface area contributed by atoms with Crippen molar-refractivity contribution in [3.63, 3.8) is 0 Å². The van der Waals surface area contributed by atoms with Crippen LogP contribution < -0.4 is 10.6 Å². The first-order valence-corrected chi connectivity index (χ1v) is 10.8. The Hall–Kier alpha value is -1.62. The Morgan fingerprint density at radius 1 is 1.13 bits per heavy atom. The van der Waals surface area contributed by atoms with Crippen LogP contribution in [-0.2, 0) is 4.74 Å². The van der Waals surface area contributed by atoms with Crippen molar-refractivity contribution in [2.24, 2.45) is 4.99 Å². The molecule has 2 heterocycles. The number of furan rings is 1. The lowest BCUT2D eigenvalue weighted by molar-refractivity contribution is 0.0124. The number of aliphatic imine (C=N–C) groups is 1. The molecule has 2 aromatic rings. The molecule has 0 amide bonds. The third kappa shape index (κ3) is 7.78. The molecule has 7 nitrogen and oxygen atoms in total. The minimum atomic E-state index is -0.0237. The van der Waals surface area contributed by atoms with E-state index >= 15 is 0 Å². The maximum atomic E-state index is 9.82. The second-order valence-electron chi connectivity index (χ2n) is 7.50. The molecule has 31 heavy (non-hydrogen) atoms. The summed E-state index contributed by atoms with van der Waals surface area (Å²) >= 11 is 0. The quantitative estimate of drug-likeness (QED) is 0.257. The van der Waals surface area contributed by atoms with E-state index in [-0.39, 0.29) is 42.5 Å². The Balaban J connectivity index is 0.00000341. The predicted molar refractivity (Wildman–Crippen MR) is 134 cm³/mol. The van der Waals surface area contributed by atoms with Gasteiger partial charge in [-0.15, -0.1) is 24.0 Å². The molecule has 0 aliphatic carbocycles. The van der Waals surface area contributed by atoms with Gasteiger partial charge in [-0.05, 0) is 31.5 Å². The number of ether oxygens (including phenoxy) is 1. The molecule has 1 aliphatic rings. The minimum absolute atomic E-state index is 0. The van der Waals surface area contributed by atoms with Crippen LogP contribution in [0.3, 0.4) is 0 Å². The summed E-state index contributed by atoms with van der Waals surface area (Å²) in [6.07, 6.45) is 0. The van der Waals surface area contributed by atoms with Crippen molar-refractivity contribution in [2.75, 3.05) is 52.5 Å². The lowest BCUT2D eigenvalue weighted by atomic mass is 10.0. The van der Waals surface area contributed by atoms with Crippen LogP contribution in [0.15, 0.2) is 51.9 Å². The molecular formula is C23H35IN4O3. The van der Waals surface area contributed by atoms with Crippen molar-refractivity contribution in [3.8, 4) is 0 Å². The first-order valence-electron chi connectivity index (χ1n) is 10.8. The Labute approximate surface area is 202 Å². The van der Waals surface area contributed by atoms with Crippen LogP contribution in [0.5, 0.6) is 0 Å². The summed E-state index contributed by atoms with van der Waals surface area (Å²) in [6, 6.07) is 14.2. The molecule has 2 unspecified atom stereocenters. The van der Waals surface area contributed by atoms with Gasteiger partial charge in [-0.25, -0.2) is 0 Å². The van der Waals surface area contributed by atoms with Crippen LogP contribution in [0.1, 0.15) is 36.0 Å². The lowest BCUT2D eigenvalue weighted by Gasteiger charge is -2.33. The van der Waals surface area contributed by atoms with Crippen LogP contribution in [0.4, 0.5) is 0 Å². The van der Waals surface area contributed by atoms with Crippen molar-refractivity contribution < 1.29 is 14.3 Å². The van der Waals surface area contributed by atoms with Crippen molar-refractivity contribution in [2.45, 2.75) is 25.8 Å². The van der Waals surface area contributed by atoms with Gasteiger partial charge in [-0.3, -0.25) is 9.89 Å². The second kappa shape index (κ2) is 13.7. The van der Waals surface area contributed by atoms with Gasteiger partial charge in [0.25, 0.3) is 0 Å². The largest absolute Gasteiger partial charge is 0.465 e. The van der Waals surface area contributed by atoms with Crippen molar-refractivity contribution in [1.29, 1.82) is 0 Å². The molecule has 1 saturated heterocycles. The number of halogens is 1. The first kappa shape index (κ1) is 25.6. The number of hydrogen-bond acceptors (Lipinski definition) is 5. The Morgan fingerprint density at radius 2 is 1.87 bits per heavy atom. The third-order valence-electron chi connectivity index (χ3n) is 5.34. The number of aryl methyl sites for hydroxylation is 1. The molecule has 1 aliphatic heterocycles. The lowest BCUT2D eigenvalue weighted by Crippen LogP contribution is -2.46. The minimum Gasteiger partial charge on any atom is -0.465 e. The molecule has 0 spiro atoms. The van der Waals surface area contributed by atoms with Crippen molar-refractivity contribution in [1.82, 2.24) is 15.5 Å². The van der Waals surface area contributed by atoms with E-state index in [0.717, 1.165) is 55.9 Å². The zero-order valence-corrected chi connectivity index (χ0v) is 20.7. The van der Waals surface area contributed by atoms with Crippen LogP contribution in [0.2, 0.25) is 0 Å². The van der Waals surface area contributed by atoms with E-state index in [0.29, 0.717) is 13.1 Å². The normalized spacial score (nSPS) is 16.9. The van der Waals surface area contributed by atoms with Gasteiger partial charge in [-0.2, -0.15) is 0 Å². The highest BCUT2D eigenvalue weighted by atomic mass is 127. The molecule has 0 radical (unpaired) electrons. The number of nitrogens with one attached hydrogen (secondary N) is 2. The molecule has 0 bridgehead atoms. The first-order chi connectivity index (χ1) is 14.7. The van der Waals surface area contributed by atoms with E-state index in [1.165, 1.54) is 0 Å². The van der Waals surface area contributed by atoms with Gasteiger partial charge < -0.3 is 24.9 Å². The highest BCUT2D eigenvalue weighted by Crippen LogP contribution is 2.23. The molecule has 3 rings (SSSR count). The molecule has 0 saturated carbocycles. The number of hydrogen-bond donors (Lipinski definition) is 3. The fourth-order valence-corrected chi connectivity index (χ4v) is 3.66. The summed E-state index contributed by atoms with van der Waals surface area (Å²) in [6.45, 7) is 9.26. The zero-order valence-electron chi connectivity index (χ0n) is 18.4. The van der Waals surface area contributed by atoms with Crippen molar-refractivity contribution >= 4 is 29.9 Å². The van der Waals surface area contributed by atoms with Gasteiger partial charge in [-0.1, -0.05) is 30.3 Å². The molecule has 2 atom stereocenters. The number of morpholine rings is 1. The monoisotopic (exact) mass is 542 g/mol. The van der Waals surface area contributed by atoms with E-state index < -0.39 is 0 Å². The number of aliphatic hydroxyl groups excluding tert-OH is 1. The Kier molecular flexibility index (Phi) is 11.3. The second-order valence-corrected chi connectivity index (χ2v) is 7.50. The zero-order chi connectivity index (χ0) is 21.2. The van der Waals surface area contributed by atoms with E-state index in [1.54, 1.807) is 0 Å². The number of aliphatic hydroxyl groups is 1. The molecule has 1 aromatic heterocycles. The third-order valence-corrected chi connectivity index (χ3v) is 5.34. The molecule has 1 fully saturated rings. The van der Waals surface area contributed by atoms with Crippen LogP contribution in [0, 0.1) is 6.92 Å². The molecule has 1 aromatic carbocycles. The molecule has 3 N–H and O–H groups in total. The van der Waals surface area contributed by atoms with E-state index in [4.69, 9.17) is 14.1 Å². The average Bonchev–Trinajstić information content (AvgIpc) is 3.21. The smallest absolute Gasteiger partial charge is 0.191 e. The highest BCUT2D eigenvalue weighted by molar-refractivity contribution is 14.0. The average molecular weight is 542 g/mol. The van der Waals surface area contributed by atoms with Gasteiger partial charge in [0.2, 0.25) is 0 Å². The van der Waals surface area contributed by atoms with Crippen LogP contribution in [0.25, 0.3) is 0 Å². The summed E-state index contributed by atoms with van der Waals surface area (Å²) in [5.74, 6) is 2.59. The fraction of sp³-hybridized carbons (Fsp3) is 0.522. The van der Waals surface area contributed by atoms with Crippen LogP contribution >= 0.6 is 24.0 Å². The summed E-state index contributed by atoms with van der Waals surface area (Å²) < 4.78 is 11.5. The molecule has 8 heteroatoms. The van der Waals surface area contributed by atoms with Crippen LogP contribution in [-0.4, -0.2) is 68.5 Å². The number of rotatable bonds is 9. The summed E-state index contributed by atoms with van der Waals surface area (Å²) in [5.41, 5.74) is 1.09. The summed E-state index contributed by atoms with van der Waals surface area (Å²) in [5, 5.41) is 16.6. The predicted octanol–water partition coefficient (Wildman–Crippen LogP) is 2.91. The van der Waals surface area contributed by atoms with E-state index in [1.807, 2.05) is 50.2 Å². The Morgan fingerprint density at radius 3 is 2.48 bits per heavy atom. The standard InChI is InChI=1S/C23H34N4O3.HI/c1-3-24-23(25-15-20(17-28)19-7-5-4-6-8-19)26-16-21(22-10-9-18(2)30-22)27-11-13-29-14-12-27;/h4-10,20-21,28H,3,11-17H2,1-2H3,(H2,24,25,26);1H. The summed E-state index contributed by atoms with van der Waals surface area (Å²) in [7, 11) is 0. The van der Waals surface area contributed by atoms with Gasteiger partial charge in [0.15, 0.2) is 5.96 Å². The summed E-state index contributed by atoms with van der Waals surface area (Å²) in [4.78, 5) is 7.13.